The van der Waals surface area contributed by atoms with E-state index in [4.69, 9.17) is 0 Å². The summed E-state index contributed by atoms with van der Waals surface area (Å²) in [4.78, 5) is 18.7. The highest BCUT2D eigenvalue weighted by atomic mass is 14.8. The first kappa shape index (κ1) is 18.3. The van der Waals surface area contributed by atoms with Crippen LogP contribution in [0.5, 0.6) is 0 Å². The molecule has 128 valence electrons. The molecule has 0 amide bonds. The Morgan fingerprint density at radius 3 is 2.00 bits per heavy atom. The minimum absolute atomic E-state index is 0.972. The number of rotatable bonds is 0. The van der Waals surface area contributed by atoms with Gasteiger partial charge in [0.1, 0.15) is 12.0 Å². The van der Waals surface area contributed by atoms with E-state index in [2.05, 4.69) is 45.7 Å². The maximum atomic E-state index is 4.15. The molecule has 0 spiro atoms. The van der Waals surface area contributed by atoms with Gasteiger partial charge in [0, 0.05) is 42.1 Å². The van der Waals surface area contributed by atoms with Crippen LogP contribution < -0.4 is 0 Å². The summed E-state index contributed by atoms with van der Waals surface area (Å²) in [6.45, 7) is 8.15. The Hall–Kier alpha value is -3.08. The third-order valence-electron chi connectivity index (χ3n) is 3.71. The molecule has 0 aliphatic rings. The van der Waals surface area contributed by atoms with Gasteiger partial charge in [0.15, 0.2) is 0 Å². The van der Waals surface area contributed by atoms with Gasteiger partial charge in [-0.2, -0.15) is 0 Å². The van der Waals surface area contributed by atoms with Gasteiger partial charge in [0.25, 0.3) is 0 Å². The summed E-state index contributed by atoms with van der Waals surface area (Å²) >= 11 is 0. The van der Waals surface area contributed by atoms with E-state index in [-0.39, 0.29) is 0 Å². The number of fused-ring (bicyclic) bond motifs is 1. The molecule has 4 rings (SSSR count). The molecule has 4 aromatic rings. The van der Waals surface area contributed by atoms with E-state index in [9.17, 15) is 0 Å². The molecule has 0 aliphatic carbocycles. The highest BCUT2D eigenvalue weighted by Crippen LogP contribution is 2.12. The Labute approximate surface area is 148 Å². The van der Waals surface area contributed by atoms with Crippen molar-refractivity contribution in [3.05, 3.63) is 84.0 Å². The molecule has 0 bridgehead atoms. The summed E-state index contributed by atoms with van der Waals surface area (Å²) in [5.74, 6) is 0. The molecule has 4 heterocycles. The Bertz CT molecular complexity index is 879. The molecular weight excluding hydrogens is 310 g/mol. The fourth-order valence-electron chi connectivity index (χ4n) is 2.00. The van der Waals surface area contributed by atoms with Crippen LogP contribution in [0, 0.1) is 27.7 Å². The Morgan fingerprint density at radius 1 is 0.720 bits per heavy atom. The van der Waals surface area contributed by atoms with Crippen LogP contribution >= 0.6 is 0 Å². The van der Waals surface area contributed by atoms with Gasteiger partial charge in [-0.1, -0.05) is 0 Å². The van der Waals surface area contributed by atoms with Gasteiger partial charge >= 0.3 is 0 Å². The topological polar surface area (TPSA) is 67.3 Å². The minimum atomic E-state index is 0.972. The first-order valence-corrected chi connectivity index (χ1v) is 8.06. The second-order valence-corrected chi connectivity index (χ2v) is 5.68. The number of aromatic nitrogens is 5. The Balaban J connectivity index is 0.000000138. The van der Waals surface area contributed by atoms with Crippen molar-refractivity contribution in [1.29, 1.82) is 0 Å². The van der Waals surface area contributed by atoms with E-state index in [1.54, 1.807) is 6.20 Å². The van der Waals surface area contributed by atoms with Crippen LogP contribution in [0.1, 0.15) is 22.4 Å². The van der Waals surface area contributed by atoms with Crippen molar-refractivity contribution < 1.29 is 0 Å². The fourth-order valence-corrected chi connectivity index (χ4v) is 2.00. The van der Waals surface area contributed by atoms with Crippen molar-refractivity contribution in [1.82, 2.24) is 24.9 Å². The largest absolute Gasteiger partial charge is 0.346 e. The van der Waals surface area contributed by atoms with Gasteiger partial charge in [-0.25, -0.2) is 15.0 Å². The third kappa shape index (κ3) is 5.80. The van der Waals surface area contributed by atoms with Crippen LogP contribution in [-0.4, -0.2) is 24.9 Å². The smallest absolute Gasteiger partial charge is 0.137 e. The van der Waals surface area contributed by atoms with Crippen molar-refractivity contribution in [2.75, 3.05) is 0 Å². The Morgan fingerprint density at radius 2 is 1.48 bits per heavy atom. The molecule has 0 saturated heterocycles. The predicted molar refractivity (Wildman–Crippen MR) is 101 cm³/mol. The van der Waals surface area contributed by atoms with Crippen LogP contribution in [-0.2, 0) is 0 Å². The standard InChI is InChI=1S/C8H8N2.C7H9N.C5H6N2/c1-6-2-4-9-8-7(6)3-5-10-8;1-6-3-4-8-5-7(6)2;1-5-2-3-6-4-7-5/h2-5H,1H3,(H,9,10);3-5H,1-2H3;2-4H,1H3. The van der Waals surface area contributed by atoms with Gasteiger partial charge in [-0.15, -0.1) is 0 Å². The van der Waals surface area contributed by atoms with E-state index in [0.29, 0.717) is 0 Å². The van der Waals surface area contributed by atoms with E-state index >= 15 is 0 Å². The Kier molecular flexibility index (Phi) is 6.77. The third-order valence-corrected chi connectivity index (χ3v) is 3.71. The molecule has 0 aromatic carbocycles. The second kappa shape index (κ2) is 9.27. The summed E-state index contributed by atoms with van der Waals surface area (Å²) in [7, 11) is 0. The first-order valence-electron chi connectivity index (χ1n) is 8.06. The van der Waals surface area contributed by atoms with Crippen molar-refractivity contribution in [2.24, 2.45) is 0 Å². The van der Waals surface area contributed by atoms with Crippen molar-refractivity contribution >= 4 is 11.0 Å². The van der Waals surface area contributed by atoms with E-state index in [0.717, 1.165) is 11.3 Å². The lowest BCUT2D eigenvalue weighted by Gasteiger charge is -1.92. The van der Waals surface area contributed by atoms with E-state index in [1.807, 2.05) is 56.0 Å². The van der Waals surface area contributed by atoms with E-state index in [1.165, 1.54) is 28.4 Å². The monoisotopic (exact) mass is 333 g/mol. The van der Waals surface area contributed by atoms with Gasteiger partial charge < -0.3 is 4.98 Å². The number of aryl methyl sites for hydroxylation is 4. The molecule has 5 heteroatoms. The molecule has 1 N–H and O–H groups in total. The maximum absolute atomic E-state index is 4.15. The molecule has 0 saturated carbocycles. The first-order chi connectivity index (χ1) is 12.1. The summed E-state index contributed by atoms with van der Waals surface area (Å²) in [5, 5.41) is 1.21. The van der Waals surface area contributed by atoms with Crippen molar-refractivity contribution in [2.45, 2.75) is 27.7 Å². The van der Waals surface area contributed by atoms with Gasteiger partial charge in [0.2, 0.25) is 0 Å². The van der Waals surface area contributed by atoms with Crippen LogP contribution in [0.4, 0.5) is 0 Å². The lowest BCUT2D eigenvalue weighted by molar-refractivity contribution is 1.10. The number of hydrogen-bond acceptors (Lipinski definition) is 4. The average Bonchev–Trinajstić information content (AvgIpc) is 3.10. The zero-order valence-electron chi connectivity index (χ0n) is 15.1. The molecule has 0 atom stereocenters. The highest BCUT2D eigenvalue weighted by molar-refractivity contribution is 5.78. The molecule has 25 heavy (non-hydrogen) atoms. The van der Waals surface area contributed by atoms with Crippen LogP contribution in [0.3, 0.4) is 0 Å². The zero-order valence-corrected chi connectivity index (χ0v) is 15.1. The number of H-pyrrole nitrogens is 1. The summed E-state index contributed by atoms with van der Waals surface area (Å²) in [6.07, 6.45) is 10.7. The minimum Gasteiger partial charge on any atom is -0.346 e. The molecule has 0 unspecified atom stereocenters. The summed E-state index contributed by atoms with van der Waals surface area (Å²) in [6, 6.07) is 7.92. The lowest BCUT2D eigenvalue weighted by atomic mass is 10.2. The number of hydrogen-bond donors (Lipinski definition) is 1. The molecular formula is C20H23N5. The summed E-state index contributed by atoms with van der Waals surface area (Å²) < 4.78 is 0. The quantitative estimate of drug-likeness (QED) is 0.519. The molecule has 0 radical (unpaired) electrons. The van der Waals surface area contributed by atoms with Crippen LogP contribution in [0.25, 0.3) is 11.0 Å². The normalized spacial score (nSPS) is 9.60. The van der Waals surface area contributed by atoms with Crippen molar-refractivity contribution in [3.8, 4) is 0 Å². The molecule has 4 aromatic heterocycles. The number of nitrogens with zero attached hydrogens (tertiary/aromatic N) is 4. The van der Waals surface area contributed by atoms with E-state index < -0.39 is 0 Å². The van der Waals surface area contributed by atoms with Crippen molar-refractivity contribution in [3.63, 3.8) is 0 Å². The second-order valence-electron chi connectivity index (χ2n) is 5.68. The van der Waals surface area contributed by atoms with Gasteiger partial charge in [-0.3, -0.25) is 4.98 Å². The molecule has 0 fully saturated rings. The number of nitrogens with one attached hydrogen (secondary N) is 1. The average molecular weight is 333 g/mol. The van der Waals surface area contributed by atoms with Gasteiger partial charge in [0.05, 0.1) is 0 Å². The summed E-state index contributed by atoms with van der Waals surface area (Å²) in [5.41, 5.74) is 5.81. The molecule has 5 nitrogen and oxygen atoms in total. The predicted octanol–water partition coefficient (Wildman–Crippen LogP) is 4.35. The SMILES string of the molecule is Cc1ccnc2[nH]ccc12.Cc1ccncc1C.Cc1ccncn1. The zero-order chi connectivity index (χ0) is 18.1. The fraction of sp³-hybridized carbons (Fsp3) is 0.200. The molecule has 0 aliphatic heterocycles. The lowest BCUT2D eigenvalue weighted by Crippen LogP contribution is -1.78. The maximum Gasteiger partial charge on any atom is 0.137 e. The number of pyridine rings is 2. The van der Waals surface area contributed by atoms with Crippen LogP contribution in [0.2, 0.25) is 0 Å². The van der Waals surface area contributed by atoms with Gasteiger partial charge in [-0.05, 0) is 68.7 Å². The van der Waals surface area contributed by atoms with Crippen LogP contribution in [0.15, 0.2) is 61.6 Å². The highest BCUT2D eigenvalue weighted by Gasteiger charge is 1.95. The number of aromatic amines is 1.